The van der Waals surface area contributed by atoms with Gasteiger partial charge in [-0.05, 0) is 6.42 Å². The van der Waals surface area contributed by atoms with Gasteiger partial charge in [0.1, 0.15) is 5.78 Å². The molecule has 0 aromatic heterocycles. The fourth-order valence-corrected chi connectivity index (χ4v) is 2.75. The van der Waals surface area contributed by atoms with Crippen molar-refractivity contribution < 1.29 is 34.4 Å². The van der Waals surface area contributed by atoms with Crippen LogP contribution in [0.15, 0.2) is 0 Å². The number of aliphatic hydroxyl groups excluding tert-OH is 1. The summed E-state index contributed by atoms with van der Waals surface area (Å²) in [6.45, 7) is 4.93. The summed E-state index contributed by atoms with van der Waals surface area (Å²) in [5, 5.41) is 31.6. The molecule has 0 spiro atoms. The molecule has 1 rings (SSSR count). The van der Waals surface area contributed by atoms with E-state index in [9.17, 15) is 24.6 Å². The molecule has 0 bridgehead atoms. The van der Waals surface area contributed by atoms with Crippen LogP contribution in [0.2, 0.25) is 0 Å². The van der Waals surface area contributed by atoms with Gasteiger partial charge in [0.25, 0.3) is 5.79 Å². The smallest absolute Gasteiger partial charge is 0.364 e. The molecule has 1 heterocycles. The van der Waals surface area contributed by atoms with Gasteiger partial charge in [-0.25, -0.2) is 4.79 Å². The molecule has 5 atom stereocenters. The van der Waals surface area contributed by atoms with Gasteiger partial charge in [-0.3, -0.25) is 9.59 Å². The zero-order chi connectivity index (χ0) is 17.8. The minimum Gasteiger partial charge on any atom is -0.477 e. The van der Waals surface area contributed by atoms with Crippen LogP contribution in [0.5, 0.6) is 0 Å². The number of rotatable bonds is 7. The molecular formula is C15H25NO7. The number of amides is 1. The highest BCUT2D eigenvalue weighted by molar-refractivity contribution is 5.82. The summed E-state index contributed by atoms with van der Waals surface area (Å²) < 4.78 is 5.18. The molecule has 1 amide bonds. The zero-order valence-corrected chi connectivity index (χ0v) is 13.6. The van der Waals surface area contributed by atoms with E-state index in [-0.39, 0.29) is 18.1 Å². The Labute approximate surface area is 134 Å². The van der Waals surface area contributed by atoms with Gasteiger partial charge in [0.05, 0.1) is 18.2 Å². The number of hydrogen-bond acceptors (Lipinski definition) is 6. The van der Waals surface area contributed by atoms with Crippen LogP contribution >= 0.6 is 0 Å². The van der Waals surface area contributed by atoms with Crippen molar-refractivity contribution in [3.8, 4) is 0 Å². The van der Waals surface area contributed by atoms with E-state index in [1.807, 2.05) is 6.92 Å². The van der Waals surface area contributed by atoms with Crippen molar-refractivity contribution in [3.63, 3.8) is 0 Å². The van der Waals surface area contributed by atoms with E-state index >= 15 is 0 Å². The monoisotopic (exact) mass is 331 g/mol. The molecule has 132 valence electrons. The van der Waals surface area contributed by atoms with Crippen molar-refractivity contribution in [3.05, 3.63) is 0 Å². The highest BCUT2D eigenvalue weighted by Gasteiger charge is 2.51. The minimum absolute atomic E-state index is 0.172. The summed E-state index contributed by atoms with van der Waals surface area (Å²) in [4.78, 5) is 34.7. The number of aliphatic carboxylic acids is 1. The van der Waals surface area contributed by atoms with Crippen LogP contribution in [0.4, 0.5) is 0 Å². The van der Waals surface area contributed by atoms with Gasteiger partial charge in [-0.15, -0.1) is 0 Å². The van der Waals surface area contributed by atoms with Crippen molar-refractivity contribution in [1.29, 1.82) is 0 Å². The van der Waals surface area contributed by atoms with Gasteiger partial charge >= 0.3 is 5.97 Å². The quantitative estimate of drug-likeness (QED) is 0.508. The molecule has 8 nitrogen and oxygen atoms in total. The summed E-state index contributed by atoms with van der Waals surface area (Å²) in [7, 11) is 0. The number of carboxylic acid groups (broad SMARTS) is 1. The maximum atomic E-state index is 12.2. The first-order valence-electron chi connectivity index (χ1n) is 7.72. The summed E-state index contributed by atoms with van der Waals surface area (Å²) in [5.41, 5.74) is 0. The number of carboxylic acids is 1. The van der Waals surface area contributed by atoms with Crippen LogP contribution in [-0.4, -0.2) is 57.0 Å². The molecule has 1 aliphatic rings. The van der Waals surface area contributed by atoms with Crippen LogP contribution in [0.25, 0.3) is 0 Å². The lowest BCUT2D eigenvalue weighted by atomic mass is 9.87. The normalized spacial score (nSPS) is 32.1. The van der Waals surface area contributed by atoms with Crippen LogP contribution in [-0.2, 0) is 19.1 Å². The topological polar surface area (TPSA) is 133 Å². The van der Waals surface area contributed by atoms with Gasteiger partial charge in [-0.1, -0.05) is 20.3 Å². The van der Waals surface area contributed by atoms with Gasteiger partial charge in [0.2, 0.25) is 5.91 Å². The summed E-state index contributed by atoms with van der Waals surface area (Å²) in [6, 6.07) is -0.954. The van der Waals surface area contributed by atoms with E-state index in [4.69, 9.17) is 9.84 Å². The molecule has 23 heavy (non-hydrogen) atoms. The largest absolute Gasteiger partial charge is 0.477 e. The standard InChI is InChI=1S/C15H25NO7/c1-4-5-8(2)10(18)6-12-13(16-9(3)17)11(19)7-15(22,23-12)14(20)21/h8,11-13,19,22H,4-7H2,1-3H3,(H,16,17)(H,20,21). The van der Waals surface area contributed by atoms with Crippen LogP contribution in [0.1, 0.15) is 46.5 Å². The second-order valence-electron chi connectivity index (χ2n) is 6.10. The molecule has 5 unspecified atom stereocenters. The third kappa shape index (κ3) is 4.98. The third-order valence-corrected chi connectivity index (χ3v) is 4.03. The van der Waals surface area contributed by atoms with Crippen molar-refractivity contribution in [2.24, 2.45) is 5.92 Å². The second-order valence-corrected chi connectivity index (χ2v) is 6.10. The first kappa shape index (κ1) is 19.5. The predicted molar refractivity (Wildman–Crippen MR) is 79.4 cm³/mol. The highest BCUT2D eigenvalue weighted by atomic mass is 16.7. The predicted octanol–water partition coefficient (Wildman–Crippen LogP) is -0.190. The fraction of sp³-hybridized carbons (Fsp3) is 0.800. The van der Waals surface area contributed by atoms with Gasteiger partial charge < -0.3 is 25.4 Å². The maximum Gasteiger partial charge on any atom is 0.364 e. The Hall–Kier alpha value is -1.51. The summed E-state index contributed by atoms with van der Waals surface area (Å²) in [6.07, 6.45) is -1.76. The third-order valence-electron chi connectivity index (χ3n) is 4.03. The molecule has 8 heteroatoms. The van der Waals surface area contributed by atoms with Gasteiger partial charge in [-0.2, -0.15) is 0 Å². The molecule has 4 N–H and O–H groups in total. The molecule has 0 radical (unpaired) electrons. The van der Waals surface area contributed by atoms with Crippen molar-refractivity contribution in [2.45, 2.75) is 70.5 Å². The maximum absolute atomic E-state index is 12.2. The lowest BCUT2D eigenvalue weighted by Gasteiger charge is -2.42. The van der Waals surface area contributed by atoms with E-state index in [0.717, 1.165) is 6.42 Å². The minimum atomic E-state index is -2.58. The van der Waals surface area contributed by atoms with Crippen LogP contribution in [0, 0.1) is 5.92 Å². The number of carbonyl (C=O) groups excluding carboxylic acids is 2. The van der Waals surface area contributed by atoms with Crippen molar-refractivity contribution >= 4 is 17.7 Å². The Kier molecular flexibility index (Phi) is 6.67. The van der Waals surface area contributed by atoms with Gasteiger partial charge in [0.15, 0.2) is 0 Å². The zero-order valence-electron chi connectivity index (χ0n) is 13.6. The number of hydrogen-bond donors (Lipinski definition) is 4. The number of aliphatic hydroxyl groups is 2. The summed E-state index contributed by atoms with van der Waals surface area (Å²) in [5.74, 6) is -5.09. The first-order valence-corrected chi connectivity index (χ1v) is 7.72. The molecule has 1 fully saturated rings. The molecule has 0 aromatic rings. The first-order chi connectivity index (χ1) is 10.6. The fourth-order valence-electron chi connectivity index (χ4n) is 2.75. The van der Waals surface area contributed by atoms with Crippen molar-refractivity contribution in [2.75, 3.05) is 0 Å². The number of carbonyl (C=O) groups is 3. The van der Waals surface area contributed by atoms with Crippen LogP contribution in [0.3, 0.4) is 0 Å². The average Bonchev–Trinajstić information content (AvgIpc) is 2.42. The molecule has 1 aliphatic heterocycles. The number of Topliss-reactive ketones (excluding diaryl/α,β-unsaturated/α-hetero) is 1. The average molecular weight is 331 g/mol. The molecule has 0 aromatic carbocycles. The number of ketones is 1. The second kappa shape index (κ2) is 7.85. The molecule has 0 aliphatic carbocycles. The summed E-state index contributed by atoms with van der Waals surface area (Å²) >= 11 is 0. The molecule has 0 saturated carbocycles. The SMILES string of the molecule is CCCC(C)C(=O)CC1OC(O)(C(=O)O)CC(O)C1NC(C)=O. The molecule has 1 saturated heterocycles. The van der Waals surface area contributed by atoms with E-state index in [1.54, 1.807) is 6.92 Å². The Morgan fingerprint density at radius 2 is 2.00 bits per heavy atom. The lowest BCUT2D eigenvalue weighted by molar-refractivity contribution is -0.276. The van der Waals surface area contributed by atoms with Crippen LogP contribution < -0.4 is 5.32 Å². The van der Waals surface area contributed by atoms with E-state index in [2.05, 4.69) is 5.32 Å². The highest BCUT2D eigenvalue weighted by Crippen LogP contribution is 2.30. The van der Waals surface area contributed by atoms with E-state index in [1.165, 1.54) is 6.92 Å². The number of ether oxygens (including phenoxy) is 1. The van der Waals surface area contributed by atoms with Gasteiger partial charge in [0, 0.05) is 25.7 Å². The van der Waals surface area contributed by atoms with E-state index < -0.39 is 42.3 Å². The van der Waals surface area contributed by atoms with Crippen molar-refractivity contribution in [1.82, 2.24) is 5.32 Å². The Bertz CT molecular complexity index is 467. The lowest BCUT2D eigenvalue weighted by Crippen LogP contribution is -2.63. The molecular weight excluding hydrogens is 306 g/mol. The Balaban J connectivity index is 2.95. The Morgan fingerprint density at radius 1 is 1.39 bits per heavy atom. The van der Waals surface area contributed by atoms with E-state index in [0.29, 0.717) is 6.42 Å². The number of nitrogens with one attached hydrogen (secondary N) is 1. The Morgan fingerprint density at radius 3 is 2.48 bits per heavy atom.